The predicted octanol–water partition coefficient (Wildman–Crippen LogP) is 3.35. The second-order valence-electron chi connectivity index (χ2n) is 5.98. The molecule has 0 radical (unpaired) electrons. The maximum absolute atomic E-state index is 9.47. The van der Waals surface area contributed by atoms with E-state index in [-0.39, 0.29) is 6.61 Å². The van der Waals surface area contributed by atoms with Crippen LogP contribution < -0.4 is 4.90 Å². The summed E-state index contributed by atoms with van der Waals surface area (Å²) in [6, 6.07) is 8.78. The summed E-state index contributed by atoms with van der Waals surface area (Å²) in [7, 11) is 0. The van der Waals surface area contributed by atoms with Gasteiger partial charge in [0.15, 0.2) is 0 Å². The fourth-order valence-electron chi connectivity index (χ4n) is 3.31. The molecule has 1 aromatic heterocycles. The summed E-state index contributed by atoms with van der Waals surface area (Å²) in [4.78, 5) is 7.06. The number of hydrogen-bond donors (Lipinski definition) is 1. The summed E-state index contributed by atoms with van der Waals surface area (Å²) in [5.74, 6) is 1.86. The van der Waals surface area contributed by atoms with E-state index in [1.54, 1.807) is 0 Å². The largest absolute Gasteiger partial charge is 0.392 e. The number of anilines is 1. The molecule has 106 valence electrons. The van der Waals surface area contributed by atoms with Gasteiger partial charge in [-0.15, -0.1) is 0 Å². The van der Waals surface area contributed by atoms with Crippen LogP contribution in [0.1, 0.15) is 32.3 Å². The van der Waals surface area contributed by atoms with E-state index < -0.39 is 0 Å². The number of pyridine rings is 1. The number of benzene rings is 1. The van der Waals surface area contributed by atoms with Crippen molar-refractivity contribution in [2.24, 2.45) is 5.92 Å². The van der Waals surface area contributed by atoms with Gasteiger partial charge in [-0.1, -0.05) is 31.2 Å². The summed E-state index contributed by atoms with van der Waals surface area (Å²) < 4.78 is 0. The van der Waals surface area contributed by atoms with Crippen molar-refractivity contribution in [3.63, 3.8) is 0 Å². The number of rotatable bonds is 2. The predicted molar refractivity (Wildman–Crippen MR) is 82.9 cm³/mol. The molecule has 3 nitrogen and oxygen atoms in total. The van der Waals surface area contributed by atoms with Gasteiger partial charge in [0.1, 0.15) is 5.82 Å². The number of piperidine rings is 1. The Bertz CT molecular complexity index is 611. The lowest BCUT2D eigenvalue weighted by Crippen LogP contribution is -2.40. The van der Waals surface area contributed by atoms with Gasteiger partial charge in [-0.25, -0.2) is 4.98 Å². The first-order valence-electron chi connectivity index (χ1n) is 7.45. The fourth-order valence-corrected chi connectivity index (χ4v) is 3.31. The molecular weight excluding hydrogens is 248 g/mol. The van der Waals surface area contributed by atoms with Crippen LogP contribution >= 0.6 is 0 Å². The minimum Gasteiger partial charge on any atom is -0.392 e. The van der Waals surface area contributed by atoms with Crippen LogP contribution in [0, 0.1) is 5.92 Å². The smallest absolute Gasteiger partial charge is 0.136 e. The molecule has 0 aliphatic carbocycles. The van der Waals surface area contributed by atoms with Crippen molar-refractivity contribution in [3.05, 3.63) is 36.0 Å². The maximum Gasteiger partial charge on any atom is 0.136 e. The molecule has 2 aromatic rings. The highest BCUT2D eigenvalue weighted by Gasteiger charge is 2.25. The van der Waals surface area contributed by atoms with Gasteiger partial charge in [-0.3, -0.25) is 0 Å². The molecule has 2 heterocycles. The average molecular weight is 270 g/mol. The lowest BCUT2D eigenvalue weighted by Gasteiger charge is -2.38. The molecule has 0 bridgehead atoms. The Hall–Kier alpha value is -1.61. The molecule has 1 saturated heterocycles. The summed E-state index contributed by atoms with van der Waals surface area (Å²) in [5, 5.41) is 11.7. The lowest BCUT2D eigenvalue weighted by atomic mass is 9.93. The molecule has 0 spiro atoms. The molecule has 2 atom stereocenters. The monoisotopic (exact) mass is 270 g/mol. The van der Waals surface area contributed by atoms with E-state index in [4.69, 9.17) is 0 Å². The van der Waals surface area contributed by atoms with E-state index in [1.165, 1.54) is 12.8 Å². The molecule has 0 saturated carbocycles. The molecule has 20 heavy (non-hydrogen) atoms. The van der Waals surface area contributed by atoms with E-state index >= 15 is 0 Å². The van der Waals surface area contributed by atoms with Crippen LogP contribution in [0.15, 0.2) is 30.5 Å². The summed E-state index contributed by atoms with van der Waals surface area (Å²) >= 11 is 0. The average Bonchev–Trinajstić information content (AvgIpc) is 2.47. The van der Waals surface area contributed by atoms with Crippen molar-refractivity contribution in [1.29, 1.82) is 0 Å². The first-order valence-corrected chi connectivity index (χ1v) is 7.45. The van der Waals surface area contributed by atoms with E-state index in [9.17, 15) is 5.11 Å². The number of aromatic nitrogens is 1. The molecule has 1 aliphatic heterocycles. The van der Waals surface area contributed by atoms with Crippen molar-refractivity contribution < 1.29 is 5.11 Å². The van der Waals surface area contributed by atoms with Crippen LogP contribution in [0.3, 0.4) is 0 Å². The van der Waals surface area contributed by atoms with Crippen molar-refractivity contribution in [2.45, 2.75) is 39.3 Å². The van der Waals surface area contributed by atoms with Gasteiger partial charge < -0.3 is 10.0 Å². The quantitative estimate of drug-likeness (QED) is 0.909. The Labute approximate surface area is 120 Å². The maximum atomic E-state index is 9.47. The molecular formula is C17H22N2O. The molecule has 1 N–H and O–H groups in total. The molecule has 2 unspecified atom stereocenters. The van der Waals surface area contributed by atoms with Crippen LogP contribution in [0.2, 0.25) is 0 Å². The van der Waals surface area contributed by atoms with Crippen LogP contribution in [-0.2, 0) is 6.61 Å². The molecule has 1 aliphatic rings. The standard InChI is InChI=1S/C17H22N2O/c1-12-7-8-19(13(2)9-12)17-16-6-4-3-5-15(16)14(11-20)10-18-17/h3-6,10,12-13,20H,7-9,11H2,1-2H3. The lowest BCUT2D eigenvalue weighted by molar-refractivity contribution is 0.283. The highest BCUT2D eigenvalue weighted by Crippen LogP contribution is 2.32. The van der Waals surface area contributed by atoms with E-state index in [2.05, 4.69) is 35.9 Å². The van der Waals surface area contributed by atoms with Gasteiger partial charge in [-0.2, -0.15) is 0 Å². The molecule has 1 aromatic carbocycles. The zero-order chi connectivity index (χ0) is 14.1. The van der Waals surface area contributed by atoms with Crippen molar-refractivity contribution in [3.8, 4) is 0 Å². The van der Waals surface area contributed by atoms with Gasteiger partial charge in [0, 0.05) is 29.7 Å². The Kier molecular flexibility index (Phi) is 3.62. The Morgan fingerprint density at radius 2 is 2.00 bits per heavy atom. The van der Waals surface area contributed by atoms with E-state index in [1.807, 2.05) is 18.3 Å². The first-order chi connectivity index (χ1) is 9.70. The third-order valence-corrected chi connectivity index (χ3v) is 4.44. The molecule has 3 heteroatoms. The van der Waals surface area contributed by atoms with E-state index in [0.717, 1.165) is 34.6 Å². The van der Waals surface area contributed by atoms with Crippen LogP contribution in [0.5, 0.6) is 0 Å². The normalized spacial score (nSPS) is 23.2. The van der Waals surface area contributed by atoms with Crippen molar-refractivity contribution in [1.82, 2.24) is 4.98 Å². The summed E-state index contributed by atoms with van der Waals surface area (Å²) in [6.45, 7) is 5.72. The van der Waals surface area contributed by atoms with Crippen LogP contribution in [0.25, 0.3) is 10.8 Å². The van der Waals surface area contributed by atoms with Crippen LogP contribution in [0.4, 0.5) is 5.82 Å². The minimum absolute atomic E-state index is 0.0420. The van der Waals surface area contributed by atoms with Gasteiger partial charge in [-0.05, 0) is 31.1 Å². The van der Waals surface area contributed by atoms with Gasteiger partial charge in [0.05, 0.1) is 6.61 Å². The topological polar surface area (TPSA) is 36.4 Å². The second kappa shape index (κ2) is 5.41. The highest BCUT2D eigenvalue weighted by molar-refractivity contribution is 5.94. The van der Waals surface area contributed by atoms with E-state index in [0.29, 0.717) is 6.04 Å². The fraction of sp³-hybridized carbons (Fsp3) is 0.471. The number of aliphatic hydroxyl groups is 1. The highest BCUT2D eigenvalue weighted by atomic mass is 16.3. The SMILES string of the molecule is CC1CCN(c2ncc(CO)c3ccccc23)C(C)C1. The first kappa shape index (κ1) is 13.4. The van der Waals surface area contributed by atoms with Crippen molar-refractivity contribution in [2.75, 3.05) is 11.4 Å². The Balaban J connectivity index is 2.08. The molecule has 0 amide bonds. The third kappa shape index (κ3) is 2.27. The van der Waals surface area contributed by atoms with Crippen LogP contribution in [-0.4, -0.2) is 22.7 Å². The Morgan fingerprint density at radius 3 is 2.70 bits per heavy atom. The van der Waals surface area contributed by atoms with Crippen molar-refractivity contribution >= 4 is 16.6 Å². The minimum atomic E-state index is 0.0420. The number of fused-ring (bicyclic) bond motifs is 1. The Morgan fingerprint density at radius 1 is 1.25 bits per heavy atom. The third-order valence-electron chi connectivity index (χ3n) is 4.44. The number of aliphatic hydroxyl groups excluding tert-OH is 1. The number of hydrogen-bond acceptors (Lipinski definition) is 3. The zero-order valence-electron chi connectivity index (χ0n) is 12.2. The van der Waals surface area contributed by atoms with Gasteiger partial charge in [0.2, 0.25) is 0 Å². The number of nitrogens with zero attached hydrogens (tertiary/aromatic N) is 2. The van der Waals surface area contributed by atoms with Gasteiger partial charge in [0.25, 0.3) is 0 Å². The summed E-state index contributed by atoms with van der Waals surface area (Å²) in [5.41, 5.74) is 0.905. The molecule has 3 rings (SSSR count). The molecule has 1 fully saturated rings. The summed E-state index contributed by atoms with van der Waals surface area (Å²) in [6.07, 6.45) is 4.27. The second-order valence-corrected chi connectivity index (χ2v) is 5.98. The zero-order valence-corrected chi connectivity index (χ0v) is 12.2. The van der Waals surface area contributed by atoms with Gasteiger partial charge >= 0.3 is 0 Å².